The maximum Gasteiger partial charge on any atom is 0.317 e. The van der Waals surface area contributed by atoms with Crippen molar-refractivity contribution in [2.45, 2.75) is 32.3 Å². The summed E-state index contributed by atoms with van der Waals surface area (Å²) >= 11 is 3.39. The van der Waals surface area contributed by atoms with Crippen LogP contribution in [0, 0.1) is 0 Å². The van der Waals surface area contributed by atoms with Crippen molar-refractivity contribution >= 4 is 24.2 Å². The molecule has 1 N–H and O–H groups in total. The van der Waals surface area contributed by atoms with Crippen LogP contribution in [0.5, 0.6) is 0 Å². The van der Waals surface area contributed by atoms with E-state index in [1.54, 1.807) is 0 Å². The van der Waals surface area contributed by atoms with E-state index >= 15 is 0 Å². The SMILES string of the molecule is CCC(CC)(O[PH](=O)O)c1cccc(Br)c1. The Bertz CT molecular complexity index is 377. The summed E-state index contributed by atoms with van der Waals surface area (Å²) in [5, 5.41) is 0. The second kappa shape index (κ2) is 5.97. The normalized spacial score (nSPS) is 13.8. The fourth-order valence-corrected chi connectivity index (χ4v) is 2.94. The first-order valence-corrected chi connectivity index (χ1v) is 7.27. The quantitative estimate of drug-likeness (QED) is 0.840. The van der Waals surface area contributed by atoms with Gasteiger partial charge >= 0.3 is 8.25 Å². The van der Waals surface area contributed by atoms with Gasteiger partial charge in [0.15, 0.2) is 0 Å². The van der Waals surface area contributed by atoms with Gasteiger partial charge in [-0.2, -0.15) is 0 Å². The third kappa shape index (κ3) is 3.17. The van der Waals surface area contributed by atoms with Gasteiger partial charge in [-0.25, -0.2) is 0 Å². The van der Waals surface area contributed by atoms with Crippen LogP contribution in [0.15, 0.2) is 28.7 Å². The number of halogens is 1. The Morgan fingerprint density at radius 1 is 1.44 bits per heavy atom. The van der Waals surface area contributed by atoms with Gasteiger partial charge in [-0.3, -0.25) is 9.09 Å². The predicted octanol–water partition coefficient (Wildman–Crippen LogP) is 3.86. The zero-order chi connectivity index (χ0) is 12.2. The summed E-state index contributed by atoms with van der Waals surface area (Å²) in [7, 11) is -2.94. The van der Waals surface area contributed by atoms with Crippen molar-refractivity contribution in [3.8, 4) is 0 Å². The van der Waals surface area contributed by atoms with Crippen LogP contribution in [0.25, 0.3) is 0 Å². The van der Waals surface area contributed by atoms with Gasteiger partial charge in [0, 0.05) is 4.47 Å². The lowest BCUT2D eigenvalue weighted by molar-refractivity contribution is 0.0535. The minimum Gasteiger partial charge on any atom is -0.326 e. The molecule has 0 amide bonds. The molecule has 0 aliphatic rings. The molecule has 3 nitrogen and oxygen atoms in total. The largest absolute Gasteiger partial charge is 0.326 e. The summed E-state index contributed by atoms with van der Waals surface area (Å²) in [4.78, 5) is 8.99. The smallest absolute Gasteiger partial charge is 0.317 e. The minimum atomic E-state index is -2.94. The van der Waals surface area contributed by atoms with Crippen molar-refractivity contribution in [3.05, 3.63) is 34.3 Å². The molecule has 1 unspecified atom stereocenters. The van der Waals surface area contributed by atoms with Gasteiger partial charge in [-0.05, 0) is 30.5 Å². The van der Waals surface area contributed by atoms with Crippen LogP contribution in [0.2, 0.25) is 0 Å². The maximum absolute atomic E-state index is 10.9. The van der Waals surface area contributed by atoms with Crippen LogP contribution in [0.1, 0.15) is 32.3 Å². The van der Waals surface area contributed by atoms with Crippen LogP contribution in [0.4, 0.5) is 0 Å². The van der Waals surface area contributed by atoms with Gasteiger partial charge in [0.2, 0.25) is 0 Å². The highest BCUT2D eigenvalue weighted by Crippen LogP contribution is 2.40. The van der Waals surface area contributed by atoms with Gasteiger partial charge in [-0.1, -0.05) is 41.9 Å². The van der Waals surface area contributed by atoms with E-state index in [2.05, 4.69) is 15.9 Å². The van der Waals surface area contributed by atoms with Crippen molar-refractivity contribution in [3.63, 3.8) is 0 Å². The zero-order valence-electron chi connectivity index (χ0n) is 9.37. The topological polar surface area (TPSA) is 46.5 Å². The zero-order valence-corrected chi connectivity index (χ0v) is 12.0. The number of rotatable bonds is 5. The molecular weight excluding hydrogens is 291 g/mol. The Labute approximate surface area is 105 Å². The van der Waals surface area contributed by atoms with Gasteiger partial charge in [0.1, 0.15) is 5.60 Å². The molecule has 90 valence electrons. The average molecular weight is 307 g/mol. The Kier molecular flexibility index (Phi) is 5.19. The molecule has 0 aliphatic heterocycles. The van der Waals surface area contributed by atoms with Gasteiger partial charge in [0.05, 0.1) is 0 Å². The summed E-state index contributed by atoms with van der Waals surface area (Å²) in [6.07, 6.45) is 1.33. The van der Waals surface area contributed by atoms with E-state index in [1.165, 1.54) is 0 Å². The average Bonchev–Trinajstić information content (AvgIpc) is 2.25. The minimum absolute atomic E-state index is 0.658. The van der Waals surface area contributed by atoms with Gasteiger partial charge in [0.25, 0.3) is 0 Å². The Balaban J connectivity index is 3.14. The van der Waals surface area contributed by atoms with E-state index in [0.717, 1.165) is 10.0 Å². The molecular formula is C11H16BrO3P. The molecule has 1 aromatic rings. The van der Waals surface area contributed by atoms with Crippen molar-refractivity contribution in [1.29, 1.82) is 0 Å². The summed E-state index contributed by atoms with van der Waals surface area (Å²) < 4.78 is 17.1. The van der Waals surface area contributed by atoms with Crippen molar-refractivity contribution in [2.24, 2.45) is 0 Å². The van der Waals surface area contributed by atoms with E-state index in [9.17, 15) is 4.57 Å². The lowest BCUT2D eigenvalue weighted by Gasteiger charge is -2.31. The monoisotopic (exact) mass is 306 g/mol. The molecule has 0 fully saturated rings. The van der Waals surface area contributed by atoms with E-state index in [0.29, 0.717) is 12.8 Å². The highest BCUT2D eigenvalue weighted by molar-refractivity contribution is 9.10. The molecule has 1 atom stereocenters. The first-order valence-electron chi connectivity index (χ1n) is 5.22. The first kappa shape index (κ1) is 13.9. The molecule has 0 heterocycles. The fourth-order valence-electron chi connectivity index (χ4n) is 1.80. The standard InChI is InChI=1S/C11H16BrO3P/c1-3-11(4-2,15-16(13)14)9-6-5-7-10(12)8-9/h5-8,16H,3-4H2,1-2H3,(H,13,14). The van der Waals surface area contributed by atoms with E-state index < -0.39 is 13.9 Å². The van der Waals surface area contributed by atoms with E-state index in [1.807, 2.05) is 38.1 Å². The highest BCUT2D eigenvalue weighted by atomic mass is 79.9. The van der Waals surface area contributed by atoms with Crippen LogP contribution in [-0.4, -0.2) is 4.89 Å². The third-order valence-electron chi connectivity index (χ3n) is 2.78. The number of hydrogen-bond acceptors (Lipinski definition) is 2. The highest BCUT2D eigenvalue weighted by Gasteiger charge is 2.31. The van der Waals surface area contributed by atoms with Crippen molar-refractivity contribution in [2.75, 3.05) is 0 Å². The summed E-state index contributed by atoms with van der Waals surface area (Å²) in [5.41, 5.74) is 0.272. The fraction of sp³-hybridized carbons (Fsp3) is 0.455. The van der Waals surface area contributed by atoms with E-state index in [4.69, 9.17) is 9.42 Å². The van der Waals surface area contributed by atoms with Crippen LogP contribution < -0.4 is 0 Å². The Morgan fingerprint density at radius 3 is 2.50 bits per heavy atom. The molecule has 16 heavy (non-hydrogen) atoms. The van der Waals surface area contributed by atoms with Crippen molar-refractivity contribution < 1.29 is 14.0 Å². The molecule has 0 radical (unpaired) electrons. The van der Waals surface area contributed by atoms with Crippen LogP contribution >= 0.6 is 24.2 Å². The first-order chi connectivity index (χ1) is 7.54. The molecule has 0 bridgehead atoms. The second-order valence-electron chi connectivity index (χ2n) is 3.58. The van der Waals surface area contributed by atoms with Gasteiger partial charge < -0.3 is 4.89 Å². The third-order valence-corrected chi connectivity index (χ3v) is 3.83. The number of hydrogen-bond donors (Lipinski definition) is 1. The van der Waals surface area contributed by atoms with Gasteiger partial charge in [-0.15, -0.1) is 0 Å². The predicted molar refractivity (Wildman–Crippen MR) is 68.7 cm³/mol. The molecule has 0 aromatic heterocycles. The molecule has 1 aromatic carbocycles. The molecule has 5 heteroatoms. The summed E-state index contributed by atoms with van der Waals surface area (Å²) in [6.45, 7) is 3.91. The Hall–Kier alpha value is -0.150. The Morgan fingerprint density at radius 2 is 2.06 bits per heavy atom. The van der Waals surface area contributed by atoms with E-state index in [-0.39, 0.29) is 0 Å². The lowest BCUT2D eigenvalue weighted by Crippen LogP contribution is -2.25. The van der Waals surface area contributed by atoms with Crippen molar-refractivity contribution in [1.82, 2.24) is 0 Å². The van der Waals surface area contributed by atoms with Crippen LogP contribution in [0.3, 0.4) is 0 Å². The summed E-state index contributed by atoms with van der Waals surface area (Å²) in [5.74, 6) is 0. The molecule has 0 saturated heterocycles. The van der Waals surface area contributed by atoms with Crippen LogP contribution in [-0.2, 0) is 14.7 Å². The summed E-state index contributed by atoms with van der Waals surface area (Å²) in [6, 6.07) is 7.67. The molecule has 1 rings (SSSR count). The lowest BCUT2D eigenvalue weighted by atomic mass is 9.89. The maximum atomic E-state index is 10.9. The number of benzene rings is 1. The molecule has 0 spiro atoms. The molecule has 0 aliphatic carbocycles. The molecule has 0 saturated carbocycles. The second-order valence-corrected chi connectivity index (χ2v) is 5.23.